The number of benzene rings is 1. The Bertz CT molecular complexity index is 687. The average molecular weight is 434 g/mol. The summed E-state index contributed by atoms with van der Waals surface area (Å²) in [7, 11) is 0. The van der Waals surface area contributed by atoms with Crippen molar-refractivity contribution in [3.63, 3.8) is 0 Å². The summed E-state index contributed by atoms with van der Waals surface area (Å²) in [5.74, 6) is -0.511. The van der Waals surface area contributed by atoms with Crippen LogP contribution in [0.5, 0.6) is 11.5 Å². The van der Waals surface area contributed by atoms with E-state index in [9.17, 15) is 15.0 Å². The fourth-order valence-electron chi connectivity index (χ4n) is 1.50. The first-order chi connectivity index (χ1) is 9.99. The summed E-state index contributed by atoms with van der Waals surface area (Å²) in [6.07, 6.45) is 1.56. The zero-order chi connectivity index (χ0) is 15.4. The summed E-state index contributed by atoms with van der Waals surface area (Å²) in [5.41, 5.74) is 2.73. The smallest absolute Gasteiger partial charge is 0.245 e. The number of nitrogens with zero attached hydrogens (tertiary/aromatic N) is 1. The summed E-state index contributed by atoms with van der Waals surface area (Å²) < 4.78 is 0.557. The largest absolute Gasteiger partial charge is 0.506 e. The molecule has 2 aromatic rings. The minimum absolute atomic E-state index is 0.105. The lowest BCUT2D eigenvalue weighted by Crippen LogP contribution is -2.19. The number of nitrogens with one attached hydrogen (secondary N) is 1. The number of rotatable bonds is 4. The third-order valence-corrected chi connectivity index (χ3v) is 4.74. The molecule has 8 heteroatoms. The van der Waals surface area contributed by atoms with Crippen LogP contribution in [0.3, 0.4) is 0 Å². The van der Waals surface area contributed by atoms with Crippen LogP contribution in [0.4, 0.5) is 0 Å². The molecule has 1 heterocycles. The molecule has 1 amide bonds. The van der Waals surface area contributed by atoms with Crippen LogP contribution < -0.4 is 5.43 Å². The second kappa shape index (κ2) is 7.06. The Morgan fingerprint density at radius 2 is 2.14 bits per heavy atom. The Hall–Kier alpha value is -1.38. The molecule has 0 aliphatic rings. The van der Waals surface area contributed by atoms with Crippen LogP contribution in [0.15, 0.2) is 37.6 Å². The van der Waals surface area contributed by atoms with E-state index in [1.165, 1.54) is 23.6 Å². The minimum atomic E-state index is -0.245. The monoisotopic (exact) mass is 432 g/mol. The molecule has 0 bridgehead atoms. The molecule has 0 aliphatic carbocycles. The molecule has 0 radical (unpaired) electrons. The van der Waals surface area contributed by atoms with Crippen LogP contribution in [0, 0.1) is 0 Å². The molecule has 0 spiro atoms. The van der Waals surface area contributed by atoms with Gasteiger partial charge in [-0.05, 0) is 49.4 Å². The molecular weight excluding hydrogens is 424 g/mol. The van der Waals surface area contributed by atoms with Crippen molar-refractivity contribution >= 4 is 55.3 Å². The number of hydrogen-bond donors (Lipinski definition) is 3. The molecule has 0 fully saturated rings. The first-order valence-corrected chi connectivity index (χ1v) is 8.20. The van der Waals surface area contributed by atoms with Gasteiger partial charge in [-0.15, -0.1) is 11.3 Å². The fourth-order valence-corrected chi connectivity index (χ4v) is 3.36. The van der Waals surface area contributed by atoms with E-state index in [4.69, 9.17) is 0 Å². The van der Waals surface area contributed by atoms with Gasteiger partial charge in [-0.1, -0.05) is 6.07 Å². The molecule has 21 heavy (non-hydrogen) atoms. The lowest BCUT2D eigenvalue weighted by Gasteiger charge is -2.06. The maximum absolute atomic E-state index is 11.6. The van der Waals surface area contributed by atoms with E-state index in [2.05, 4.69) is 42.4 Å². The Kier molecular flexibility index (Phi) is 5.38. The molecule has 3 N–H and O–H groups in total. The third kappa shape index (κ3) is 4.05. The molecule has 1 aromatic heterocycles. The van der Waals surface area contributed by atoms with Gasteiger partial charge in [-0.25, -0.2) is 5.43 Å². The second-order valence-corrected chi connectivity index (χ2v) is 6.69. The van der Waals surface area contributed by atoms with Gasteiger partial charge < -0.3 is 10.2 Å². The van der Waals surface area contributed by atoms with Crippen molar-refractivity contribution in [1.29, 1.82) is 0 Å². The maximum atomic E-state index is 11.6. The van der Waals surface area contributed by atoms with Crippen molar-refractivity contribution < 1.29 is 15.0 Å². The number of amides is 1. The topological polar surface area (TPSA) is 81.9 Å². The van der Waals surface area contributed by atoms with E-state index < -0.39 is 0 Å². The van der Waals surface area contributed by atoms with Gasteiger partial charge in [0.2, 0.25) is 5.91 Å². The molecule has 1 aromatic carbocycles. The number of hydrazone groups is 1. The van der Waals surface area contributed by atoms with Crippen molar-refractivity contribution in [2.75, 3.05) is 0 Å². The first kappa shape index (κ1) is 16.0. The van der Waals surface area contributed by atoms with Gasteiger partial charge in [0.1, 0.15) is 16.0 Å². The highest BCUT2D eigenvalue weighted by Gasteiger charge is 2.12. The number of halogens is 2. The van der Waals surface area contributed by atoms with Crippen LogP contribution in [-0.4, -0.2) is 22.3 Å². The maximum Gasteiger partial charge on any atom is 0.245 e. The van der Waals surface area contributed by atoms with Crippen molar-refractivity contribution in [2.45, 2.75) is 6.42 Å². The van der Waals surface area contributed by atoms with Crippen molar-refractivity contribution in [2.24, 2.45) is 5.10 Å². The quantitative estimate of drug-likeness (QED) is 0.510. The number of carbonyl (C=O) groups is 1. The Morgan fingerprint density at radius 1 is 1.38 bits per heavy atom. The number of carbonyl (C=O) groups excluding carboxylic acids is 1. The highest BCUT2D eigenvalue weighted by atomic mass is 79.9. The van der Waals surface area contributed by atoms with Gasteiger partial charge in [-0.3, -0.25) is 4.79 Å². The zero-order valence-electron chi connectivity index (χ0n) is 10.5. The summed E-state index contributed by atoms with van der Waals surface area (Å²) in [6, 6.07) is 5.23. The molecule has 0 saturated carbocycles. The molecule has 0 atom stereocenters. The summed E-state index contributed by atoms with van der Waals surface area (Å²) in [4.78, 5) is 12.6. The summed E-state index contributed by atoms with van der Waals surface area (Å²) in [6.45, 7) is 0. The van der Waals surface area contributed by atoms with E-state index in [1.54, 1.807) is 0 Å². The van der Waals surface area contributed by atoms with Crippen molar-refractivity contribution in [3.8, 4) is 11.5 Å². The van der Waals surface area contributed by atoms with E-state index in [1.807, 2.05) is 17.5 Å². The normalized spacial score (nSPS) is 11.0. The SMILES string of the molecule is O=C(Cc1cccs1)NN=Cc1cc(Br)c(O)c(Br)c1O. The fraction of sp³-hybridized carbons (Fsp3) is 0.0769. The van der Waals surface area contributed by atoms with Crippen LogP contribution >= 0.6 is 43.2 Å². The van der Waals surface area contributed by atoms with Gasteiger partial charge in [0, 0.05) is 10.4 Å². The van der Waals surface area contributed by atoms with Crippen molar-refractivity contribution in [3.05, 3.63) is 43.0 Å². The highest BCUT2D eigenvalue weighted by Crippen LogP contribution is 2.40. The van der Waals surface area contributed by atoms with Gasteiger partial charge in [0.05, 0.1) is 17.1 Å². The van der Waals surface area contributed by atoms with Gasteiger partial charge in [-0.2, -0.15) is 5.10 Å². The Morgan fingerprint density at radius 3 is 2.81 bits per heavy atom. The number of phenolic OH excluding ortho intramolecular Hbond substituents is 2. The van der Waals surface area contributed by atoms with E-state index in [0.717, 1.165) is 4.88 Å². The molecule has 2 rings (SSSR count). The zero-order valence-corrected chi connectivity index (χ0v) is 14.5. The predicted molar refractivity (Wildman–Crippen MR) is 88.9 cm³/mol. The van der Waals surface area contributed by atoms with E-state index in [0.29, 0.717) is 10.0 Å². The molecule has 0 aliphatic heterocycles. The lowest BCUT2D eigenvalue weighted by atomic mass is 10.2. The van der Waals surface area contributed by atoms with Gasteiger partial charge >= 0.3 is 0 Å². The van der Waals surface area contributed by atoms with Crippen molar-refractivity contribution in [1.82, 2.24) is 5.43 Å². The third-order valence-electron chi connectivity index (χ3n) is 2.51. The van der Waals surface area contributed by atoms with Crippen LogP contribution in [0.25, 0.3) is 0 Å². The second-order valence-electron chi connectivity index (χ2n) is 4.01. The first-order valence-electron chi connectivity index (χ1n) is 5.73. The molecular formula is C13H10Br2N2O3S. The lowest BCUT2D eigenvalue weighted by molar-refractivity contribution is -0.120. The molecule has 110 valence electrons. The number of hydrogen-bond acceptors (Lipinski definition) is 5. The minimum Gasteiger partial charge on any atom is -0.506 e. The van der Waals surface area contributed by atoms with Crippen LogP contribution in [0.1, 0.15) is 10.4 Å². The summed E-state index contributed by atoms with van der Waals surface area (Å²) >= 11 is 7.71. The standard InChI is InChI=1S/C13H10Br2N2O3S/c14-9-4-7(12(19)11(15)13(9)20)6-16-17-10(18)5-8-2-1-3-21-8/h1-4,6,19-20H,5H2,(H,17,18). The average Bonchev–Trinajstić information content (AvgIpc) is 2.95. The number of phenols is 2. The number of thiophene rings is 1. The van der Waals surface area contributed by atoms with Gasteiger partial charge in [0.15, 0.2) is 0 Å². The van der Waals surface area contributed by atoms with Gasteiger partial charge in [0.25, 0.3) is 0 Å². The van der Waals surface area contributed by atoms with E-state index >= 15 is 0 Å². The Labute approximate surface area is 141 Å². The Balaban J connectivity index is 2.03. The summed E-state index contributed by atoms with van der Waals surface area (Å²) in [5, 5.41) is 25.1. The molecule has 0 unspecified atom stereocenters. The predicted octanol–water partition coefficient (Wildman–Crippen LogP) is 3.38. The molecule has 5 nitrogen and oxygen atoms in total. The highest BCUT2D eigenvalue weighted by molar-refractivity contribution is 9.11. The van der Waals surface area contributed by atoms with E-state index in [-0.39, 0.29) is 28.3 Å². The molecule has 0 saturated heterocycles. The van der Waals surface area contributed by atoms with Crippen LogP contribution in [0.2, 0.25) is 0 Å². The number of aromatic hydroxyl groups is 2. The van der Waals surface area contributed by atoms with Crippen LogP contribution in [-0.2, 0) is 11.2 Å².